The first-order valence-electron chi connectivity index (χ1n) is 7.74. The van der Waals surface area contributed by atoms with Gasteiger partial charge in [0.15, 0.2) is 0 Å². The molecule has 0 radical (unpaired) electrons. The number of nitrogens with one attached hydrogen (secondary N) is 1. The molecular formula is C17H21N3O2. The molecule has 1 aromatic carbocycles. The number of hydrogen-bond acceptors (Lipinski definition) is 4. The molecule has 1 N–H and O–H groups in total. The summed E-state index contributed by atoms with van der Waals surface area (Å²) >= 11 is 0. The molecule has 1 atom stereocenters. The van der Waals surface area contributed by atoms with Gasteiger partial charge in [0.2, 0.25) is 0 Å². The molecular weight excluding hydrogens is 278 g/mol. The number of carbonyl (C=O) groups excluding carboxylic acids is 1. The third kappa shape index (κ3) is 2.64. The van der Waals surface area contributed by atoms with Gasteiger partial charge in [0.1, 0.15) is 11.3 Å². The van der Waals surface area contributed by atoms with Crippen LogP contribution in [0.15, 0.2) is 34.9 Å². The molecule has 1 saturated heterocycles. The Kier molecular flexibility index (Phi) is 4.24. The predicted octanol–water partition coefficient (Wildman–Crippen LogP) is 2.33. The zero-order valence-corrected chi connectivity index (χ0v) is 13.0. The Morgan fingerprint density at radius 3 is 2.91 bits per heavy atom. The highest BCUT2D eigenvalue weighted by Gasteiger charge is 2.32. The molecule has 2 aromatic rings. The second-order valence-electron chi connectivity index (χ2n) is 5.54. The van der Waals surface area contributed by atoms with Crippen molar-refractivity contribution < 1.29 is 9.32 Å². The molecule has 22 heavy (non-hydrogen) atoms. The summed E-state index contributed by atoms with van der Waals surface area (Å²) in [7, 11) is 0. The molecule has 0 saturated carbocycles. The smallest absolute Gasteiger partial charge is 0.259 e. The molecule has 1 aromatic heterocycles. The summed E-state index contributed by atoms with van der Waals surface area (Å²) in [5.74, 6) is 0.623. The van der Waals surface area contributed by atoms with Crippen LogP contribution in [0.25, 0.3) is 0 Å². The standard InChI is InChI=1S/C17H21N3O2/c1-3-14-16(12(2)22-19-14)17(21)20-10-9-18-11-15(20)13-7-5-4-6-8-13/h4-8,15,18H,3,9-11H2,1-2H3/t15-/m0/s1. The molecule has 0 bridgehead atoms. The first kappa shape index (κ1) is 14.8. The molecule has 1 amide bonds. The second kappa shape index (κ2) is 6.32. The molecule has 1 fully saturated rings. The number of nitrogens with zero attached hydrogens (tertiary/aromatic N) is 2. The third-order valence-electron chi connectivity index (χ3n) is 4.17. The first-order valence-corrected chi connectivity index (χ1v) is 7.74. The normalized spacial score (nSPS) is 18.5. The van der Waals surface area contributed by atoms with E-state index in [2.05, 4.69) is 22.6 Å². The summed E-state index contributed by atoms with van der Waals surface area (Å²) in [6.07, 6.45) is 0.695. The summed E-state index contributed by atoms with van der Waals surface area (Å²) in [6.45, 7) is 6.05. The lowest BCUT2D eigenvalue weighted by Crippen LogP contribution is -2.48. The van der Waals surface area contributed by atoms with Crippen molar-refractivity contribution in [3.8, 4) is 0 Å². The van der Waals surface area contributed by atoms with Gasteiger partial charge in [0.25, 0.3) is 5.91 Å². The van der Waals surface area contributed by atoms with E-state index in [1.54, 1.807) is 6.92 Å². The van der Waals surface area contributed by atoms with Crippen molar-refractivity contribution in [3.05, 3.63) is 52.9 Å². The zero-order valence-electron chi connectivity index (χ0n) is 13.0. The van der Waals surface area contributed by atoms with Crippen molar-refractivity contribution in [2.45, 2.75) is 26.3 Å². The minimum Gasteiger partial charge on any atom is -0.361 e. The van der Waals surface area contributed by atoms with Crippen LogP contribution in [0.1, 0.15) is 40.3 Å². The minimum absolute atomic E-state index is 0.0194. The van der Waals surface area contributed by atoms with Crippen molar-refractivity contribution in [1.29, 1.82) is 0 Å². The number of benzene rings is 1. The van der Waals surface area contributed by atoms with Gasteiger partial charge in [0, 0.05) is 19.6 Å². The number of aromatic nitrogens is 1. The topological polar surface area (TPSA) is 58.4 Å². The largest absolute Gasteiger partial charge is 0.361 e. The summed E-state index contributed by atoms with van der Waals surface area (Å²) < 4.78 is 5.23. The Bertz CT molecular complexity index is 651. The van der Waals surface area contributed by atoms with Gasteiger partial charge >= 0.3 is 0 Å². The van der Waals surface area contributed by atoms with Crippen LogP contribution in [0.3, 0.4) is 0 Å². The van der Waals surface area contributed by atoms with Gasteiger partial charge in [-0.25, -0.2) is 0 Å². The number of aryl methyl sites for hydroxylation is 2. The SMILES string of the molecule is CCc1noc(C)c1C(=O)N1CCNC[C@H]1c1ccccc1. The molecule has 5 heteroatoms. The maximum Gasteiger partial charge on any atom is 0.259 e. The van der Waals surface area contributed by atoms with Crippen molar-refractivity contribution in [2.24, 2.45) is 0 Å². The van der Waals surface area contributed by atoms with Crippen molar-refractivity contribution >= 4 is 5.91 Å². The molecule has 0 aliphatic carbocycles. The van der Waals surface area contributed by atoms with E-state index in [0.717, 1.165) is 24.3 Å². The van der Waals surface area contributed by atoms with Gasteiger partial charge in [-0.15, -0.1) is 0 Å². The molecule has 116 valence electrons. The van der Waals surface area contributed by atoms with Crippen molar-refractivity contribution in [3.63, 3.8) is 0 Å². The highest BCUT2D eigenvalue weighted by atomic mass is 16.5. The number of carbonyl (C=O) groups is 1. The van der Waals surface area contributed by atoms with E-state index < -0.39 is 0 Å². The molecule has 1 aliphatic rings. The summed E-state index contributed by atoms with van der Waals surface area (Å²) in [6, 6.07) is 10.2. The Balaban J connectivity index is 1.94. The molecule has 1 aliphatic heterocycles. The highest BCUT2D eigenvalue weighted by molar-refractivity contribution is 5.96. The number of rotatable bonds is 3. The van der Waals surface area contributed by atoms with E-state index in [0.29, 0.717) is 24.3 Å². The lowest BCUT2D eigenvalue weighted by Gasteiger charge is -2.36. The van der Waals surface area contributed by atoms with Crippen molar-refractivity contribution in [1.82, 2.24) is 15.4 Å². The van der Waals surface area contributed by atoms with Crippen LogP contribution < -0.4 is 5.32 Å². The fourth-order valence-corrected chi connectivity index (χ4v) is 3.00. The van der Waals surface area contributed by atoms with Gasteiger partial charge in [-0.05, 0) is 18.9 Å². The molecule has 5 nitrogen and oxygen atoms in total. The molecule has 0 spiro atoms. The second-order valence-corrected chi connectivity index (χ2v) is 5.54. The molecule has 3 rings (SSSR count). The van der Waals surface area contributed by atoms with Crippen LogP contribution in [0.2, 0.25) is 0 Å². The predicted molar refractivity (Wildman–Crippen MR) is 83.7 cm³/mol. The van der Waals surface area contributed by atoms with Gasteiger partial charge in [0.05, 0.1) is 11.7 Å². The van der Waals surface area contributed by atoms with Crippen LogP contribution in [0, 0.1) is 6.92 Å². The Labute approximate surface area is 130 Å². The minimum atomic E-state index is 0.0194. The number of amides is 1. The van der Waals surface area contributed by atoms with E-state index in [1.165, 1.54) is 0 Å². The third-order valence-corrected chi connectivity index (χ3v) is 4.17. The van der Waals surface area contributed by atoms with Gasteiger partial charge < -0.3 is 14.7 Å². The van der Waals surface area contributed by atoms with Gasteiger partial charge in [-0.2, -0.15) is 0 Å². The van der Waals surface area contributed by atoms with Crippen LogP contribution in [-0.2, 0) is 6.42 Å². The van der Waals surface area contributed by atoms with Crippen LogP contribution in [0.5, 0.6) is 0 Å². The van der Waals surface area contributed by atoms with Crippen LogP contribution in [0.4, 0.5) is 0 Å². The molecule has 2 heterocycles. The Morgan fingerprint density at radius 2 is 2.18 bits per heavy atom. The van der Waals surface area contributed by atoms with Gasteiger partial charge in [-0.1, -0.05) is 42.4 Å². The maximum atomic E-state index is 13.0. The summed E-state index contributed by atoms with van der Waals surface area (Å²) in [5, 5.41) is 7.38. The van der Waals surface area contributed by atoms with Gasteiger partial charge in [-0.3, -0.25) is 4.79 Å². The number of piperazine rings is 1. The zero-order chi connectivity index (χ0) is 15.5. The van der Waals surface area contributed by atoms with E-state index in [1.807, 2.05) is 30.0 Å². The fraction of sp³-hybridized carbons (Fsp3) is 0.412. The van der Waals surface area contributed by atoms with E-state index in [-0.39, 0.29) is 11.9 Å². The first-order chi connectivity index (χ1) is 10.7. The van der Waals surface area contributed by atoms with E-state index in [9.17, 15) is 4.79 Å². The molecule has 0 unspecified atom stereocenters. The average Bonchev–Trinajstić information content (AvgIpc) is 2.96. The van der Waals surface area contributed by atoms with E-state index >= 15 is 0 Å². The van der Waals surface area contributed by atoms with Crippen LogP contribution in [-0.4, -0.2) is 35.6 Å². The lowest BCUT2D eigenvalue weighted by molar-refractivity contribution is 0.0631. The average molecular weight is 299 g/mol. The summed E-state index contributed by atoms with van der Waals surface area (Å²) in [5.41, 5.74) is 2.52. The van der Waals surface area contributed by atoms with E-state index in [4.69, 9.17) is 4.52 Å². The van der Waals surface area contributed by atoms with Crippen LogP contribution >= 0.6 is 0 Å². The quantitative estimate of drug-likeness (QED) is 0.945. The lowest BCUT2D eigenvalue weighted by atomic mass is 10.0. The summed E-state index contributed by atoms with van der Waals surface area (Å²) in [4.78, 5) is 15.0. The van der Waals surface area contributed by atoms with Crippen molar-refractivity contribution in [2.75, 3.05) is 19.6 Å². The Hall–Kier alpha value is -2.14. The fourth-order valence-electron chi connectivity index (χ4n) is 3.00. The highest BCUT2D eigenvalue weighted by Crippen LogP contribution is 2.26. The Morgan fingerprint density at radius 1 is 1.41 bits per heavy atom. The maximum absolute atomic E-state index is 13.0. The number of hydrogen-bond donors (Lipinski definition) is 1. The monoisotopic (exact) mass is 299 g/mol.